The van der Waals surface area contributed by atoms with Gasteiger partial charge in [0.1, 0.15) is 5.37 Å². The van der Waals surface area contributed by atoms with E-state index in [-0.39, 0.29) is 17.2 Å². The van der Waals surface area contributed by atoms with Crippen molar-refractivity contribution in [3.63, 3.8) is 0 Å². The van der Waals surface area contributed by atoms with Gasteiger partial charge in [0.15, 0.2) is 11.5 Å². The second kappa shape index (κ2) is 9.21. The number of nitrogens with zero attached hydrogens (tertiary/aromatic N) is 1. The van der Waals surface area contributed by atoms with Gasteiger partial charge in [-0.2, -0.15) is 0 Å². The van der Waals surface area contributed by atoms with Gasteiger partial charge in [0, 0.05) is 23.8 Å². The second-order valence-electron chi connectivity index (χ2n) is 6.08. The topological polar surface area (TPSA) is 38.8 Å². The lowest BCUT2D eigenvalue weighted by molar-refractivity contribution is -0.136. The molecule has 1 heterocycles. The van der Waals surface area contributed by atoms with Gasteiger partial charge in [-0.05, 0) is 18.9 Å². The molecule has 0 aromatic heterocycles. The molecule has 0 bridgehead atoms. The van der Waals surface area contributed by atoms with Crippen molar-refractivity contribution in [2.45, 2.75) is 44.9 Å². The van der Waals surface area contributed by atoms with E-state index in [0.717, 1.165) is 49.3 Å². The highest BCUT2D eigenvalue weighted by Gasteiger charge is 2.35. The molecule has 1 amide bonds. The number of methoxy groups -OCH3 is 2. The molecule has 1 saturated heterocycles. The van der Waals surface area contributed by atoms with E-state index in [9.17, 15) is 4.79 Å². The molecule has 2 rings (SSSR count). The summed E-state index contributed by atoms with van der Waals surface area (Å²) < 4.78 is 11.0. The van der Waals surface area contributed by atoms with Crippen molar-refractivity contribution < 1.29 is 14.3 Å². The summed E-state index contributed by atoms with van der Waals surface area (Å²) in [7, 11) is 3.30. The van der Waals surface area contributed by atoms with Crippen LogP contribution in [-0.4, -0.2) is 37.3 Å². The lowest BCUT2D eigenvalue weighted by Gasteiger charge is -2.29. The van der Waals surface area contributed by atoms with Crippen molar-refractivity contribution in [1.29, 1.82) is 0 Å². The molecule has 1 aromatic carbocycles. The van der Waals surface area contributed by atoms with Crippen LogP contribution in [0.5, 0.6) is 11.5 Å². The van der Waals surface area contributed by atoms with Crippen LogP contribution in [0.3, 0.4) is 0 Å². The molecule has 1 aromatic rings. The summed E-state index contributed by atoms with van der Waals surface area (Å²) in [5.41, 5.74) is 1.03. The molecule has 1 aliphatic heterocycles. The number of thioether (sulfide) groups is 1. The first-order valence-corrected chi connectivity index (χ1v) is 9.85. The van der Waals surface area contributed by atoms with Gasteiger partial charge in [0.2, 0.25) is 5.91 Å². The number of unbranched alkanes of at least 4 members (excludes halogenated alkanes) is 1. The van der Waals surface area contributed by atoms with Crippen molar-refractivity contribution in [3.8, 4) is 11.5 Å². The highest BCUT2D eigenvalue weighted by Crippen LogP contribution is 2.45. The van der Waals surface area contributed by atoms with E-state index in [4.69, 9.17) is 9.47 Å². The van der Waals surface area contributed by atoms with Gasteiger partial charge in [-0.1, -0.05) is 38.8 Å². The summed E-state index contributed by atoms with van der Waals surface area (Å²) >= 11 is 1.80. The number of ether oxygens (including phenoxy) is 2. The first kappa shape index (κ1) is 19.0. The van der Waals surface area contributed by atoms with E-state index in [0.29, 0.717) is 5.75 Å². The minimum absolute atomic E-state index is 0.0122. The molecule has 24 heavy (non-hydrogen) atoms. The van der Waals surface area contributed by atoms with Gasteiger partial charge in [-0.15, -0.1) is 11.8 Å². The van der Waals surface area contributed by atoms with Gasteiger partial charge >= 0.3 is 0 Å². The highest BCUT2D eigenvalue weighted by atomic mass is 32.2. The minimum atomic E-state index is 0.0122. The number of rotatable bonds is 8. The first-order chi connectivity index (χ1) is 11.7. The molecule has 2 atom stereocenters. The van der Waals surface area contributed by atoms with Crippen molar-refractivity contribution in [2.24, 2.45) is 5.92 Å². The summed E-state index contributed by atoms with van der Waals surface area (Å²) in [6.45, 7) is 5.09. The van der Waals surface area contributed by atoms with Crippen LogP contribution in [0.2, 0.25) is 0 Å². The standard InChI is InChI=1S/C19H29NO3S/c1-5-7-9-14(6-2)18(21)20-12-13-24-19(20)15-10-8-11-16(22-3)17(15)23-4/h8,10-11,14,19H,5-7,9,12-13H2,1-4H3/t14-,19-/m0/s1. The largest absolute Gasteiger partial charge is 0.493 e. The van der Waals surface area contributed by atoms with Gasteiger partial charge in [-0.3, -0.25) is 4.79 Å². The Morgan fingerprint density at radius 2 is 2.12 bits per heavy atom. The van der Waals surface area contributed by atoms with Crippen LogP contribution in [-0.2, 0) is 4.79 Å². The Hall–Kier alpha value is -1.36. The molecule has 0 aliphatic carbocycles. The summed E-state index contributed by atoms with van der Waals surface area (Å²) in [4.78, 5) is 15.1. The average molecular weight is 352 g/mol. The zero-order valence-electron chi connectivity index (χ0n) is 15.2. The molecule has 134 valence electrons. The van der Waals surface area contributed by atoms with Gasteiger partial charge in [0.05, 0.1) is 14.2 Å². The third-order valence-electron chi connectivity index (χ3n) is 4.62. The summed E-state index contributed by atoms with van der Waals surface area (Å²) in [6, 6.07) is 5.90. The minimum Gasteiger partial charge on any atom is -0.493 e. The molecular weight excluding hydrogens is 322 g/mol. The fourth-order valence-corrected chi connectivity index (χ4v) is 4.53. The van der Waals surface area contributed by atoms with Crippen LogP contribution < -0.4 is 9.47 Å². The molecule has 0 N–H and O–H groups in total. The third kappa shape index (κ3) is 4.00. The van der Waals surface area contributed by atoms with E-state index in [1.165, 1.54) is 0 Å². The van der Waals surface area contributed by atoms with E-state index in [1.807, 2.05) is 23.1 Å². The zero-order valence-corrected chi connectivity index (χ0v) is 16.0. The summed E-state index contributed by atoms with van der Waals surface area (Å²) in [5, 5.41) is 0.0122. The van der Waals surface area contributed by atoms with Crippen LogP contribution in [0, 0.1) is 5.92 Å². The molecule has 5 heteroatoms. The molecule has 0 spiro atoms. The number of benzene rings is 1. The lowest BCUT2D eigenvalue weighted by atomic mass is 9.97. The summed E-state index contributed by atoms with van der Waals surface area (Å²) in [5.74, 6) is 2.82. The quantitative estimate of drug-likeness (QED) is 0.691. The maximum atomic E-state index is 13.1. The maximum Gasteiger partial charge on any atom is 0.226 e. The Kier molecular flexibility index (Phi) is 7.28. The Morgan fingerprint density at radius 3 is 2.75 bits per heavy atom. The fraction of sp³-hybridized carbons (Fsp3) is 0.632. The SMILES string of the molecule is CCCC[C@H](CC)C(=O)N1CCS[C@H]1c1cccc(OC)c1OC. The number of amides is 1. The molecule has 0 saturated carbocycles. The van der Waals surface area contributed by atoms with Crippen molar-refractivity contribution >= 4 is 17.7 Å². The Balaban J connectivity index is 2.26. The van der Waals surface area contributed by atoms with Crippen molar-refractivity contribution in [1.82, 2.24) is 4.90 Å². The number of hydrogen-bond acceptors (Lipinski definition) is 4. The number of hydrogen-bond donors (Lipinski definition) is 0. The Bertz CT molecular complexity index is 549. The van der Waals surface area contributed by atoms with E-state index < -0.39 is 0 Å². The number of carbonyl (C=O) groups is 1. The van der Waals surface area contributed by atoms with Crippen LogP contribution in [0.15, 0.2) is 18.2 Å². The van der Waals surface area contributed by atoms with Crippen LogP contribution in [0.1, 0.15) is 50.5 Å². The Morgan fingerprint density at radius 1 is 1.33 bits per heavy atom. The van der Waals surface area contributed by atoms with Crippen molar-refractivity contribution in [3.05, 3.63) is 23.8 Å². The average Bonchev–Trinajstić information content (AvgIpc) is 3.10. The zero-order chi connectivity index (χ0) is 17.5. The third-order valence-corrected chi connectivity index (χ3v) is 5.86. The van der Waals surface area contributed by atoms with Gasteiger partial charge < -0.3 is 14.4 Å². The van der Waals surface area contributed by atoms with Crippen LogP contribution >= 0.6 is 11.8 Å². The normalized spacial score (nSPS) is 18.5. The molecule has 0 unspecified atom stereocenters. The smallest absolute Gasteiger partial charge is 0.226 e. The van der Waals surface area contributed by atoms with E-state index in [1.54, 1.807) is 26.0 Å². The molecule has 1 fully saturated rings. The summed E-state index contributed by atoms with van der Waals surface area (Å²) in [6.07, 6.45) is 4.13. The second-order valence-corrected chi connectivity index (χ2v) is 7.27. The molecule has 1 aliphatic rings. The predicted octanol–water partition coefficient (Wildman–Crippen LogP) is 4.49. The molecular formula is C19H29NO3S. The van der Waals surface area contributed by atoms with E-state index >= 15 is 0 Å². The van der Waals surface area contributed by atoms with E-state index in [2.05, 4.69) is 13.8 Å². The molecule has 4 nitrogen and oxygen atoms in total. The maximum absolute atomic E-state index is 13.1. The molecule has 0 radical (unpaired) electrons. The Labute approximate surface area is 149 Å². The lowest BCUT2D eigenvalue weighted by Crippen LogP contribution is -2.35. The predicted molar refractivity (Wildman–Crippen MR) is 99.8 cm³/mol. The number of carbonyl (C=O) groups excluding carboxylic acids is 1. The van der Waals surface area contributed by atoms with Crippen LogP contribution in [0.4, 0.5) is 0 Å². The monoisotopic (exact) mass is 351 g/mol. The fourth-order valence-electron chi connectivity index (χ4n) is 3.25. The van der Waals surface area contributed by atoms with Gasteiger partial charge in [-0.25, -0.2) is 0 Å². The van der Waals surface area contributed by atoms with Crippen LogP contribution in [0.25, 0.3) is 0 Å². The van der Waals surface area contributed by atoms with Gasteiger partial charge in [0.25, 0.3) is 0 Å². The van der Waals surface area contributed by atoms with Crippen molar-refractivity contribution in [2.75, 3.05) is 26.5 Å². The highest BCUT2D eigenvalue weighted by molar-refractivity contribution is 7.99. The number of para-hydroxylation sites is 1. The first-order valence-electron chi connectivity index (χ1n) is 8.80.